The van der Waals surface area contributed by atoms with Crippen molar-refractivity contribution in [2.75, 3.05) is 27.9 Å². The second-order valence-corrected chi connectivity index (χ2v) is 5.56. The van der Waals surface area contributed by atoms with Crippen LogP contribution in [0.25, 0.3) is 0 Å². The molecule has 0 bridgehead atoms. The summed E-state index contributed by atoms with van der Waals surface area (Å²) in [5.74, 6) is 0. The average Bonchev–Trinajstić information content (AvgIpc) is 2.20. The molecule has 0 saturated carbocycles. The van der Waals surface area contributed by atoms with E-state index in [2.05, 4.69) is 0 Å². The molecule has 15 heavy (non-hydrogen) atoms. The Balaban J connectivity index is 0. The minimum Gasteiger partial charge on any atom is -0.450 e. The molecule has 0 atom stereocenters. The summed E-state index contributed by atoms with van der Waals surface area (Å²) in [6.45, 7) is 0.644. The Bertz CT molecular complexity index is 151. The molecule has 0 amide bonds. The summed E-state index contributed by atoms with van der Waals surface area (Å²) in [5, 5.41) is 13.9. The largest absolute Gasteiger partial charge is 0.503 e. The molecule has 0 aromatic heterocycles. The number of carboxylic acid groups (broad SMARTS) is 2. The van der Waals surface area contributed by atoms with Gasteiger partial charge >= 0.3 is 15.0 Å². The van der Waals surface area contributed by atoms with Gasteiger partial charge in [-0.2, -0.15) is 0 Å². The van der Waals surface area contributed by atoms with Crippen LogP contribution in [0.1, 0.15) is 6.42 Å². The van der Waals surface area contributed by atoms with E-state index in [1.807, 2.05) is 0 Å². The van der Waals surface area contributed by atoms with Crippen LogP contribution in [0.2, 0.25) is 6.04 Å². The molecule has 0 aliphatic rings. The SMILES string of the molecule is CO[Si](CCCN)(OC)OC.O=C(O)O. The lowest BCUT2D eigenvalue weighted by Crippen LogP contribution is -2.42. The maximum absolute atomic E-state index is 8.56. The molecule has 0 heterocycles. The molecule has 0 unspecified atom stereocenters. The van der Waals surface area contributed by atoms with Crippen LogP contribution in [0.4, 0.5) is 4.79 Å². The number of nitrogens with two attached hydrogens (primary N) is 1. The van der Waals surface area contributed by atoms with E-state index in [1.165, 1.54) is 0 Å². The number of carbonyl (C=O) groups is 1. The predicted octanol–water partition coefficient (Wildman–Crippen LogP) is 0.436. The van der Waals surface area contributed by atoms with Gasteiger partial charge in [-0.05, 0) is 13.0 Å². The Morgan fingerprint density at radius 2 is 1.53 bits per heavy atom. The zero-order valence-electron chi connectivity index (χ0n) is 9.23. The standard InChI is InChI=1S/C6H17NO3Si.CH2O3/c1-8-11(9-2,10-3)6-4-5-7;2-1(3)4/h4-7H2,1-3H3;(H2,2,3,4). The molecule has 4 N–H and O–H groups in total. The lowest BCUT2D eigenvalue weighted by atomic mass is 10.5. The minimum absolute atomic E-state index is 0.644. The molecule has 0 spiro atoms. The topological polar surface area (TPSA) is 111 Å². The molecule has 8 heteroatoms. The van der Waals surface area contributed by atoms with Crippen LogP contribution in [-0.4, -0.2) is 53.0 Å². The molecule has 92 valence electrons. The zero-order chi connectivity index (χ0) is 12.3. The van der Waals surface area contributed by atoms with Crippen molar-refractivity contribution in [1.29, 1.82) is 0 Å². The molecule has 0 saturated heterocycles. The fraction of sp³-hybridized carbons (Fsp3) is 0.857. The van der Waals surface area contributed by atoms with Gasteiger partial charge in [0.1, 0.15) is 0 Å². The van der Waals surface area contributed by atoms with Crippen LogP contribution in [0.15, 0.2) is 0 Å². The highest BCUT2D eigenvalue weighted by atomic mass is 28.4. The summed E-state index contributed by atoms with van der Waals surface area (Å²) in [7, 11) is 2.50. The summed E-state index contributed by atoms with van der Waals surface area (Å²) >= 11 is 0. The third-order valence-electron chi connectivity index (χ3n) is 1.62. The first-order chi connectivity index (χ1) is 6.97. The number of hydrogen-bond donors (Lipinski definition) is 3. The Kier molecular flexibility index (Phi) is 11.0. The lowest BCUT2D eigenvalue weighted by Gasteiger charge is -2.23. The molecule has 0 rings (SSSR count). The van der Waals surface area contributed by atoms with Gasteiger partial charge in [0.05, 0.1) is 0 Å². The summed E-state index contributed by atoms with van der Waals surface area (Å²) < 4.78 is 15.5. The molecule has 0 fully saturated rings. The van der Waals surface area contributed by atoms with Crippen molar-refractivity contribution in [3.63, 3.8) is 0 Å². The van der Waals surface area contributed by atoms with Crippen molar-refractivity contribution in [3.8, 4) is 0 Å². The maximum atomic E-state index is 8.56. The smallest absolute Gasteiger partial charge is 0.450 e. The van der Waals surface area contributed by atoms with E-state index < -0.39 is 15.0 Å². The summed E-state index contributed by atoms with van der Waals surface area (Å²) in [6.07, 6.45) is -0.957. The first-order valence-corrected chi connectivity index (χ1v) is 6.18. The fourth-order valence-corrected chi connectivity index (χ4v) is 2.62. The van der Waals surface area contributed by atoms with Crippen molar-refractivity contribution >= 4 is 15.0 Å². The lowest BCUT2D eigenvalue weighted by molar-refractivity contribution is 0.123. The molecule has 0 aliphatic carbocycles. The second-order valence-electron chi connectivity index (χ2n) is 2.47. The Morgan fingerprint density at radius 1 is 1.20 bits per heavy atom. The van der Waals surface area contributed by atoms with Crippen molar-refractivity contribution < 1.29 is 28.3 Å². The van der Waals surface area contributed by atoms with E-state index in [4.69, 9.17) is 34.0 Å². The number of hydrogen-bond acceptors (Lipinski definition) is 5. The van der Waals surface area contributed by atoms with Crippen LogP contribution in [-0.2, 0) is 13.3 Å². The summed E-state index contributed by atoms with van der Waals surface area (Å²) in [4.78, 5) is 8.56. The first-order valence-electron chi connectivity index (χ1n) is 4.25. The summed E-state index contributed by atoms with van der Waals surface area (Å²) in [5.41, 5.74) is 5.36. The van der Waals surface area contributed by atoms with Gasteiger partial charge in [-0.15, -0.1) is 0 Å². The van der Waals surface area contributed by atoms with Crippen molar-refractivity contribution in [3.05, 3.63) is 0 Å². The third-order valence-corrected chi connectivity index (χ3v) is 4.45. The second kappa shape index (κ2) is 9.87. The number of rotatable bonds is 6. The molecule has 0 radical (unpaired) electrons. The van der Waals surface area contributed by atoms with Crippen LogP contribution in [0.5, 0.6) is 0 Å². The fourth-order valence-electron chi connectivity index (χ4n) is 0.875. The third kappa shape index (κ3) is 9.63. The van der Waals surface area contributed by atoms with Gasteiger partial charge in [0.2, 0.25) is 0 Å². The zero-order valence-corrected chi connectivity index (χ0v) is 10.2. The van der Waals surface area contributed by atoms with E-state index in [0.717, 1.165) is 12.5 Å². The van der Waals surface area contributed by atoms with Gasteiger partial charge in [0, 0.05) is 27.4 Å². The van der Waals surface area contributed by atoms with Gasteiger partial charge in [-0.25, -0.2) is 4.79 Å². The minimum atomic E-state index is -2.32. The van der Waals surface area contributed by atoms with Gasteiger partial charge in [-0.3, -0.25) is 0 Å². The van der Waals surface area contributed by atoms with Gasteiger partial charge in [0.25, 0.3) is 0 Å². The first kappa shape index (κ1) is 16.7. The molecule has 0 aliphatic heterocycles. The van der Waals surface area contributed by atoms with Crippen molar-refractivity contribution in [2.24, 2.45) is 5.73 Å². The average molecular weight is 241 g/mol. The normalized spacial score (nSPS) is 10.4. The molecule has 7 nitrogen and oxygen atoms in total. The van der Waals surface area contributed by atoms with Gasteiger partial charge in [-0.1, -0.05) is 0 Å². The monoisotopic (exact) mass is 241 g/mol. The highest BCUT2D eigenvalue weighted by Crippen LogP contribution is 2.13. The van der Waals surface area contributed by atoms with Crippen LogP contribution < -0.4 is 5.73 Å². The van der Waals surface area contributed by atoms with E-state index in [-0.39, 0.29) is 0 Å². The highest BCUT2D eigenvalue weighted by Gasteiger charge is 2.36. The van der Waals surface area contributed by atoms with Crippen molar-refractivity contribution in [1.82, 2.24) is 0 Å². The quantitative estimate of drug-likeness (QED) is 0.578. The van der Waals surface area contributed by atoms with E-state index >= 15 is 0 Å². The Labute approximate surface area is 90.1 Å². The molecule has 0 aromatic carbocycles. The molecular formula is C7H19NO6Si. The van der Waals surface area contributed by atoms with Crippen LogP contribution in [0.3, 0.4) is 0 Å². The van der Waals surface area contributed by atoms with E-state index in [9.17, 15) is 0 Å². The maximum Gasteiger partial charge on any atom is 0.503 e. The molecule has 0 aromatic rings. The van der Waals surface area contributed by atoms with E-state index in [0.29, 0.717) is 6.54 Å². The Morgan fingerprint density at radius 3 is 1.73 bits per heavy atom. The van der Waals surface area contributed by atoms with Crippen LogP contribution >= 0.6 is 0 Å². The van der Waals surface area contributed by atoms with Gasteiger partial charge < -0.3 is 29.2 Å². The summed E-state index contributed by atoms with van der Waals surface area (Å²) in [6, 6.07) is 0.785. The molecular weight excluding hydrogens is 222 g/mol. The van der Waals surface area contributed by atoms with E-state index in [1.54, 1.807) is 21.3 Å². The predicted molar refractivity (Wildman–Crippen MR) is 55.9 cm³/mol. The van der Waals surface area contributed by atoms with Crippen molar-refractivity contribution in [2.45, 2.75) is 12.5 Å². The van der Waals surface area contributed by atoms with Gasteiger partial charge in [0.15, 0.2) is 0 Å². The Hall–Kier alpha value is -0.673. The van der Waals surface area contributed by atoms with Crippen LogP contribution in [0, 0.1) is 0 Å². The highest BCUT2D eigenvalue weighted by molar-refractivity contribution is 6.60.